The molecule has 0 radical (unpaired) electrons. The Hall–Kier alpha value is -2.69. The highest BCUT2D eigenvalue weighted by molar-refractivity contribution is 5.67. The number of aromatic amines is 1. The van der Waals surface area contributed by atoms with E-state index in [9.17, 15) is 0 Å². The number of aromatic nitrogens is 4. The maximum absolute atomic E-state index is 4.18. The SMILES string of the molecule is CNc1ccc(-c2ccc(-c3cn[nH]c3)cc2)nn1. The Labute approximate surface area is 110 Å². The van der Waals surface area contributed by atoms with Crippen LogP contribution in [-0.2, 0) is 0 Å². The molecular weight excluding hydrogens is 238 g/mol. The molecule has 0 aliphatic rings. The van der Waals surface area contributed by atoms with Crippen LogP contribution in [0.2, 0.25) is 0 Å². The van der Waals surface area contributed by atoms with Crippen LogP contribution in [-0.4, -0.2) is 27.4 Å². The first-order chi connectivity index (χ1) is 9.36. The molecule has 3 rings (SSSR count). The normalized spacial score (nSPS) is 10.4. The molecule has 5 heteroatoms. The second kappa shape index (κ2) is 4.89. The van der Waals surface area contributed by atoms with Gasteiger partial charge in [-0.2, -0.15) is 5.10 Å². The molecule has 3 aromatic rings. The Morgan fingerprint density at radius 2 is 1.68 bits per heavy atom. The van der Waals surface area contributed by atoms with Crippen LogP contribution < -0.4 is 5.32 Å². The number of hydrogen-bond donors (Lipinski definition) is 2. The molecule has 0 saturated carbocycles. The summed E-state index contributed by atoms with van der Waals surface area (Å²) in [6.45, 7) is 0. The van der Waals surface area contributed by atoms with Gasteiger partial charge in [0.25, 0.3) is 0 Å². The summed E-state index contributed by atoms with van der Waals surface area (Å²) in [7, 11) is 1.82. The molecule has 0 bridgehead atoms. The fraction of sp³-hybridized carbons (Fsp3) is 0.0714. The first-order valence-electron chi connectivity index (χ1n) is 5.98. The van der Waals surface area contributed by atoms with Crippen LogP contribution in [0.25, 0.3) is 22.4 Å². The predicted octanol–water partition coefficient (Wildman–Crippen LogP) is 2.58. The van der Waals surface area contributed by atoms with Crippen molar-refractivity contribution in [2.24, 2.45) is 0 Å². The summed E-state index contributed by atoms with van der Waals surface area (Å²) in [5, 5.41) is 18.0. The minimum absolute atomic E-state index is 0.763. The van der Waals surface area contributed by atoms with Gasteiger partial charge in [-0.1, -0.05) is 24.3 Å². The summed E-state index contributed by atoms with van der Waals surface area (Å²) >= 11 is 0. The molecule has 0 spiro atoms. The van der Waals surface area contributed by atoms with E-state index in [0.29, 0.717) is 0 Å². The number of nitrogens with zero attached hydrogens (tertiary/aromatic N) is 3. The zero-order valence-electron chi connectivity index (χ0n) is 10.5. The summed E-state index contributed by atoms with van der Waals surface area (Å²) in [4.78, 5) is 0. The van der Waals surface area contributed by atoms with Gasteiger partial charge >= 0.3 is 0 Å². The number of rotatable bonds is 3. The molecule has 1 aromatic carbocycles. The third-order valence-electron chi connectivity index (χ3n) is 2.93. The highest BCUT2D eigenvalue weighted by Gasteiger charge is 2.02. The number of hydrogen-bond acceptors (Lipinski definition) is 4. The van der Waals surface area contributed by atoms with Gasteiger partial charge in [-0.25, -0.2) is 0 Å². The summed E-state index contributed by atoms with van der Waals surface area (Å²) in [6, 6.07) is 12.0. The maximum atomic E-state index is 4.18. The highest BCUT2D eigenvalue weighted by atomic mass is 15.2. The standard InChI is InChI=1S/C14H13N5/c1-15-14-7-6-13(18-19-14)11-4-2-10(3-5-11)12-8-16-17-9-12/h2-9H,1H3,(H,15,19)(H,16,17). The lowest BCUT2D eigenvalue weighted by Gasteiger charge is -2.03. The van der Waals surface area contributed by atoms with Gasteiger partial charge in [0.05, 0.1) is 11.9 Å². The van der Waals surface area contributed by atoms with Gasteiger partial charge in [0.1, 0.15) is 5.82 Å². The summed E-state index contributed by atoms with van der Waals surface area (Å²) < 4.78 is 0. The minimum Gasteiger partial charge on any atom is -0.372 e. The average molecular weight is 251 g/mol. The first-order valence-corrected chi connectivity index (χ1v) is 5.98. The number of benzene rings is 1. The van der Waals surface area contributed by atoms with Gasteiger partial charge < -0.3 is 5.32 Å². The zero-order valence-corrected chi connectivity index (χ0v) is 10.5. The monoisotopic (exact) mass is 251 g/mol. The third-order valence-corrected chi connectivity index (χ3v) is 2.93. The van der Waals surface area contributed by atoms with Crippen molar-refractivity contribution in [2.75, 3.05) is 12.4 Å². The highest BCUT2D eigenvalue weighted by Crippen LogP contribution is 2.22. The summed E-state index contributed by atoms with van der Waals surface area (Å²) in [5.74, 6) is 0.763. The van der Waals surface area contributed by atoms with Crippen LogP contribution in [0.15, 0.2) is 48.8 Å². The van der Waals surface area contributed by atoms with Gasteiger partial charge in [0.15, 0.2) is 0 Å². The molecule has 0 saturated heterocycles. The van der Waals surface area contributed by atoms with E-state index in [4.69, 9.17) is 0 Å². The number of nitrogens with one attached hydrogen (secondary N) is 2. The fourth-order valence-electron chi connectivity index (χ4n) is 1.86. The molecule has 0 amide bonds. The lowest BCUT2D eigenvalue weighted by atomic mass is 10.1. The van der Waals surface area contributed by atoms with Gasteiger partial charge in [0, 0.05) is 24.4 Å². The topological polar surface area (TPSA) is 66.5 Å². The van der Waals surface area contributed by atoms with Crippen LogP contribution in [0.4, 0.5) is 5.82 Å². The zero-order chi connectivity index (χ0) is 13.1. The van der Waals surface area contributed by atoms with Crippen molar-refractivity contribution >= 4 is 5.82 Å². The molecule has 0 fully saturated rings. The van der Waals surface area contributed by atoms with Crippen LogP contribution in [0, 0.1) is 0 Å². The van der Waals surface area contributed by atoms with E-state index >= 15 is 0 Å². The van der Waals surface area contributed by atoms with Crippen LogP contribution in [0.1, 0.15) is 0 Å². The van der Waals surface area contributed by atoms with E-state index in [1.807, 2.05) is 49.6 Å². The second-order valence-electron chi connectivity index (χ2n) is 4.12. The third kappa shape index (κ3) is 2.30. The smallest absolute Gasteiger partial charge is 0.148 e. The average Bonchev–Trinajstić information content (AvgIpc) is 3.02. The van der Waals surface area contributed by atoms with Crippen LogP contribution >= 0.6 is 0 Å². The van der Waals surface area contributed by atoms with E-state index in [1.54, 1.807) is 6.20 Å². The Bertz CT molecular complexity index is 641. The van der Waals surface area contributed by atoms with Gasteiger partial charge in [-0.3, -0.25) is 5.10 Å². The van der Waals surface area contributed by atoms with E-state index in [-0.39, 0.29) is 0 Å². The number of H-pyrrole nitrogens is 1. The van der Waals surface area contributed by atoms with Crippen molar-refractivity contribution in [2.45, 2.75) is 0 Å². The molecule has 0 unspecified atom stereocenters. The Morgan fingerprint density at radius 3 is 2.26 bits per heavy atom. The molecule has 5 nitrogen and oxygen atoms in total. The van der Waals surface area contributed by atoms with Gasteiger partial charge in [-0.15, -0.1) is 10.2 Å². The van der Waals surface area contributed by atoms with Crippen molar-refractivity contribution in [3.05, 3.63) is 48.8 Å². The van der Waals surface area contributed by atoms with Crippen molar-refractivity contribution in [3.63, 3.8) is 0 Å². The van der Waals surface area contributed by atoms with Crippen molar-refractivity contribution in [3.8, 4) is 22.4 Å². The molecule has 0 aliphatic heterocycles. The summed E-state index contributed by atoms with van der Waals surface area (Å²) in [5.41, 5.74) is 4.10. The van der Waals surface area contributed by atoms with Crippen LogP contribution in [0.3, 0.4) is 0 Å². The van der Waals surface area contributed by atoms with Crippen molar-refractivity contribution in [1.29, 1.82) is 0 Å². The molecule has 19 heavy (non-hydrogen) atoms. The fourth-order valence-corrected chi connectivity index (χ4v) is 1.86. The first kappa shape index (κ1) is 11.4. The van der Waals surface area contributed by atoms with E-state index < -0.39 is 0 Å². The minimum atomic E-state index is 0.763. The Kier molecular flexibility index (Phi) is 2.94. The van der Waals surface area contributed by atoms with Crippen molar-refractivity contribution in [1.82, 2.24) is 20.4 Å². The largest absolute Gasteiger partial charge is 0.372 e. The number of anilines is 1. The van der Waals surface area contributed by atoms with Gasteiger partial charge in [0.2, 0.25) is 0 Å². The summed E-state index contributed by atoms with van der Waals surface area (Å²) in [6.07, 6.45) is 3.67. The molecule has 0 aliphatic carbocycles. The van der Waals surface area contributed by atoms with E-state index in [0.717, 1.165) is 28.2 Å². The lowest BCUT2D eigenvalue weighted by Crippen LogP contribution is -1.95. The Balaban J connectivity index is 1.89. The van der Waals surface area contributed by atoms with E-state index in [1.165, 1.54) is 0 Å². The second-order valence-corrected chi connectivity index (χ2v) is 4.12. The predicted molar refractivity (Wildman–Crippen MR) is 74.6 cm³/mol. The maximum Gasteiger partial charge on any atom is 0.148 e. The molecule has 2 heterocycles. The van der Waals surface area contributed by atoms with Gasteiger partial charge in [-0.05, 0) is 17.7 Å². The van der Waals surface area contributed by atoms with E-state index in [2.05, 4.69) is 25.7 Å². The van der Waals surface area contributed by atoms with Crippen molar-refractivity contribution < 1.29 is 0 Å². The quantitative estimate of drug-likeness (QED) is 0.750. The molecular formula is C14H13N5. The molecule has 2 aromatic heterocycles. The molecule has 0 atom stereocenters. The molecule has 2 N–H and O–H groups in total. The van der Waals surface area contributed by atoms with Crippen LogP contribution in [0.5, 0.6) is 0 Å². The molecule has 94 valence electrons. The Morgan fingerprint density at radius 1 is 0.895 bits per heavy atom. The lowest BCUT2D eigenvalue weighted by molar-refractivity contribution is 1.04.